The van der Waals surface area contributed by atoms with Gasteiger partial charge in [0, 0.05) is 18.0 Å². The zero-order valence-corrected chi connectivity index (χ0v) is 11.7. The molecule has 1 N–H and O–H groups in total. The lowest BCUT2D eigenvalue weighted by Gasteiger charge is -2.34. The van der Waals surface area contributed by atoms with Gasteiger partial charge in [-0.15, -0.1) is 0 Å². The molecule has 1 atom stereocenters. The molecular weight excluding hydrogens is 246 g/mol. The van der Waals surface area contributed by atoms with Gasteiger partial charge in [-0.25, -0.2) is 9.78 Å². The molecule has 1 aromatic rings. The van der Waals surface area contributed by atoms with Gasteiger partial charge in [0.2, 0.25) is 0 Å². The molecule has 0 aromatic carbocycles. The van der Waals surface area contributed by atoms with Crippen LogP contribution in [-0.2, 0) is 17.7 Å². The number of aromatic amines is 1. The largest absolute Gasteiger partial charge is 0.444 e. The van der Waals surface area contributed by atoms with Gasteiger partial charge in [-0.2, -0.15) is 0 Å². The summed E-state index contributed by atoms with van der Waals surface area (Å²) in [5.41, 5.74) is 0.654. The summed E-state index contributed by atoms with van der Waals surface area (Å²) in [6.45, 7) is 7.71. The highest BCUT2D eigenvalue weighted by Crippen LogP contribution is 2.21. The number of aromatic nitrogens is 2. The number of rotatable bonds is 0. The Balaban J connectivity index is 2.22. The number of carbonyl (C=O) groups is 1. The maximum atomic E-state index is 12.1. The number of carbonyl (C=O) groups excluding carboxylic acids is 1. The van der Waals surface area contributed by atoms with Crippen LogP contribution in [0.25, 0.3) is 0 Å². The molecule has 6 heteroatoms. The summed E-state index contributed by atoms with van der Waals surface area (Å²) in [6.07, 6.45) is 1.50. The highest BCUT2D eigenvalue weighted by atomic mass is 16.6. The third-order valence-corrected chi connectivity index (χ3v) is 3.02. The van der Waals surface area contributed by atoms with Gasteiger partial charge in [-0.3, -0.25) is 9.69 Å². The van der Waals surface area contributed by atoms with Crippen LogP contribution in [0.5, 0.6) is 0 Å². The molecule has 2 heterocycles. The molecule has 0 aliphatic carbocycles. The molecule has 19 heavy (non-hydrogen) atoms. The topological polar surface area (TPSA) is 75.3 Å². The van der Waals surface area contributed by atoms with E-state index < -0.39 is 5.60 Å². The molecule has 0 saturated heterocycles. The van der Waals surface area contributed by atoms with Crippen molar-refractivity contribution in [2.45, 2.75) is 52.3 Å². The minimum Gasteiger partial charge on any atom is -0.444 e. The first-order valence-corrected chi connectivity index (χ1v) is 6.33. The van der Waals surface area contributed by atoms with E-state index in [2.05, 4.69) is 9.97 Å². The van der Waals surface area contributed by atoms with Gasteiger partial charge in [0.25, 0.3) is 5.56 Å². The van der Waals surface area contributed by atoms with Gasteiger partial charge in [-0.05, 0) is 27.7 Å². The van der Waals surface area contributed by atoms with Crippen LogP contribution in [0.4, 0.5) is 4.79 Å². The number of nitrogens with zero attached hydrogens (tertiary/aromatic N) is 2. The Labute approximate surface area is 111 Å². The summed E-state index contributed by atoms with van der Waals surface area (Å²) in [4.78, 5) is 32.1. The lowest BCUT2D eigenvalue weighted by atomic mass is 10.0. The first kappa shape index (κ1) is 13.6. The fourth-order valence-corrected chi connectivity index (χ4v) is 2.10. The van der Waals surface area contributed by atoms with E-state index in [1.54, 1.807) is 4.90 Å². The first-order chi connectivity index (χ1) is 8.78. The minimum absolute atomic E-state index is 0.0763. The molecular formula is C13H19N3O3. The van der Waals surface area contributed by atoms with Crippen LogP contribution in [0, 0.1) is 0 Å². The van der Waals surface area contributed by atoms with Crippen molar-refractivity contribution >= 4 is 6.09 Å². The normalized spacial score (nSPS) is 18.9. The van der Waals surface area contributed by atoms with E-state index in [0.29, 0.717) is 24.2 Å². The van der Waals surface area contributed by atoms with Gasteiger partial charge in [0.05, 0.1) is 18.6 Å². The summed E-state index contributed by atoms with van der Waals surface area (Å²) < 4.78 is 5.37. The van der Waals surface area contributed by atoms with Crippen LogP contribution in [0.15, 0.2) is 11.1 Å². The van der Waals surface area contributed by atoms with Crippen LogP contribution in [0.1, 0.15) is 39.0 Å². The summed E-state index contributed by atoms with van der Waals surface area (Å²) in [6, 6.07) is -0.0763. The Hall–Kier alpha value is -1.85. The lowest BCUT2D eigenvalue weighted by Crippen LogP contribution is -2.46. The van der Waals surface area contributed by atoms with Gasteiger partial charge in [0.15, 0.2) is 0 Å². The fraction of sp³-hybridized carbons (Fsp3) is 0.615. The van der Waals surface area contributed by atoms with Crippen LogP contribution >= 0.6 is 0 Å². The minimum atomic E-state index is -0.529. The number of nitrogens with one attached hydrogen (secondary N) is 1. The van der Waals surface area contributed by atoms with Gasteiger partial charge in [0.1, 0.15) is 5.60 Å². The second kappa shape index (κ2) is 4.68. The summed E-state index contributed by atoms with van der Waals surface area (Å²) in [7, 11) is 0. The van der Waals surface area contributed by atoms with Crippen molar-refractivity contribution in [2.24, 2.45) is 0 Å². The zero-order valence-electron chi connectivity index (χ0n) is 11.7. The number of H-pyrrole nitrogens is 1. The van der Waals surface area contributed by atoms with Crippen LogP contribution in [-0.4, -0.2) is 32.6 Å². The third-order valence-electron chi connectivity index (χ3n) is 3.02. The molecule has 0 radical (unpaired) electrons. The molecule has 0 unspecified atom stereocenters. The van der Waals surface area contributed by atoms with Crippen LogP contribution < -0.4 is 5.56 Å². The Bertz CT molecular complexity index is 545. The second-order valence-corrected chi connectivity index (χ2v) is 5.82. The van der Waals surface area contributed by atoms with Crippen LogP contribution in [0.2, 0.25) is 0 Å². The van der Waals surface area contributed by atoms with Crippen molar-refractivity contribution in [3.63, 3.8) is 0 Å². The Morgan fingerprint density at radius 2 is 2.21 bits per heavy atom. The highest BCUT2D eigenvalue weighted by molar-refractivity contribution is 5.69. The number of ether oxygens (including phenoxy) is 1. The predicted molar refractivity (Wildman–Crippen MR) is 69.8 cm³/mol. The standard InChI is InChI=1S/C13H19N3O3/c1-8-5-9-10(14-7-15-11(9)17)6-16(8)12(18)19-13(2,3)4/h7-8H,5-6H2,1-4H3,(H,14,15,17)/t8-/m1/s1. The Morgan fingerprint density at radius 1 is 1.53 bits per heavy atom. The van der Waals surface area contributed by atoms with E-state index in [0.717, 1.165) is 0 Å². The molecule has 1 aliphatic heterocycles. The van der Waals surface area contributed by atoms with E-state index in [-0.39, 0.29) is 17.7 Å². The predicted octanol–water partition coefficient (Wildman–Crippen LogP) is 1.45. The van der Waals surface area contributed by atoms with E-state index in [4.69, 9.17) is 4.74 Å². The second-order valence-electron chi connectivity index (χ2n) is 5.82. The molecule has 1 aliphatic rings. The molecule has 0 saturated carbocycles. The van der Waals surface area contributed by atoms with Crippen molar-refractivity contribution in [1.82, 2.24) is 14.9 Å². The van der Waals surface area contributed by atoms with Crippen molar-refractivity contribution < 1.29 is 9.53 Å². The maximum absolute atomic E-state index is 12.1. The molecule has 0 fully saturated rings. The number of hydrogen-bond acceptors (Lipinski definition) is 4. The first-order valence-electron chi connectivity index (χ1n) is 6.33. The summed E-state index contributed by atoms with van der Waals surface area (Å²) >= 11 is 0. The Kier molecular flexibility index (Phi) is 3.34. The fourth-order valence-electron chi connectivity index (χ4n) is 2.10. The van der Waals surface area contributed by atoms with Crippen molar-refractivity contribution in [3.8, 4) is 0 Å². The van der Waals surface area contributed by atoms with Gasteiger partial charge < -0.3 is 9.72 Å². The molecule has 104 valence electrons. The van der Waals surface area contributed by atoms with Crippen LogP contribution in [0.3, 0.4) is 0 Å². The summed E-state index contributed by atoms with van der Waals surface area (Å²) in [5, 5.41) is 0. The quantitative estimate of drug-likeness (QED) is 0.770. The van der Waals surface area contributed by atoms with Crippen molar-refractivity contribution in [3.05, 3.63) is 27.9 Å². The van der Waals surface area contributed by atoms with E-state index in [9.17, 15) is 9.59 Å². The van der Waals surface area contributed by atoms with Crippen molar-refractivity contribution in [1.29, 1.82) is 0 Å². The van der Waals surface area contributed by atoms with E-state index in [1.807, 2.05) is 27.7 Å². The van der Waals surface area contributed by atoms with Gasteiger partial charge in [-0.1, -0.05) is 0 Å². The molecule has 1 amide bonds. The number of fused-ring (bicyclic) bond motifs is 1. The molecule has 1 aromatic heterocycles. The van der Waals surface area contributed by atoms with Crippen molar-refractivity contribution in [2.75, 3.05) is 0 Å². The Morgan fingerprint density at radius 3 is 2.84 bits per heavy atom. The lowest BCUT2D eigenvalue weighted by molar-refractivity contribution is 0.0133. The number of amides is 1. The molecule has 6 nitrogen and oxygen atoms in total. The summed E-state index contributed by atoms with van der Waals surface area (Å²) in [5.74, 6) is 0. The average molecular weight is 265 g/mol. The molecule has 0 bridgehead atoms. The smallest absolute Gasteiger partial charge is 0.410 e. The number of hydrogen-bond donors (Lipinski definition) is 1. The highest BCUT2D eigenvalue weighted by Gasteiger charge is 2.32. The maximum Gasteiger partial charge on any atom is 0.410 e. The van der Waals surface area contributed by atoms with Gasteiger partial charge >= 0.3 is 6.09 Å². The third kappa shape index (κ3) is 2.94. The molecule has 2 rings (SSSR count). The monoisotopic (exact) mass is 265 g/mol. The SMILES string of the molecule is C[C@@H]1Cc2c(nc[nH]c2=O)CN1C(=O)OC(C)(C)C. The molecule has 0 spiro atoms. The van der Waals surface area contributed by atoms with E-state index in [1.165, 1.54) is 6.33 Å². The van der Waals surface area contributed by atoms with E-state index >= 15 is 0 Å². The average Bonchev–Trinajstić information content (AvgIpc) is 2.27. The zero-order chi connectivity index (χ0) is 14.2.